The molecule has 3 N–H and O–H groups in total. The summed E-state index contributed by atoms with van der Waals surface area (Å²) >= 11 is 1.48. The first-order chi connectivity index (χ1) is 16.4. The van der Waals surface area contributed by atoms with E-state index in [9.17, 15) is 9.59 Å². The van der Waals surface area contributed by atoms with Crippen LogP contribution in [0.4, 0.5) is 0 Å². The molecule has 0 aliphatic rings. The van der Waals surface area contributed by atoms with Crippen LogP contribution in [0.1, 0.15) is 33.7 Å². The highest BCUT2D eigenvalue weighted by atomic mass is 32.1. The van der Waals surface area contributed by atoms with Gasteiger partial charge in [0, 0.05) is 49.1 Å². The number of allylic oxidation sites excluding steroid dienone is 1. The smallest absolute Gasteiger partial charge is 0.250 e. The van der Waals surface area contributed by atoms with Crippen molar-refractivity contribution in [2.24, 2.45) is 5.73 Å². The van der Waals surface area contributed by atoms with Gasteiger partial charge in [0.05, 0.1) is 24.1 Å². The Morgan fingerprint density at radius 3 is 2.71 bits per heavy atom. The summed E-state index contributed by atoms with van der Waals surface area (Å²) in [6.45, 7) is 2.84. The Bertz CT molecular complexity index is 1400. The van der Waals surface area contributed by atoms with Crippen LogP contribution >= 0.6 is 11.3 Å². The molecule has 174 valence electrons. The van der Waals surface area contributed by atoms with E-state index in [1.165, 1.54) is 23.5 Å². The minimum Gasteiger partial charge on any atom is -0.398 e. The number of nitrogens with zero attached hydrogens (tertiary/aromatic N) is 4. The maximum absolute atomic E-state index is 13.0. The normalized spacial score (nSPS) is 11.5. The number of hydrogen-bond acceptors (Lipinski definition) is 8. The maximum Gasteiger partial charge on any atom is 0.250 e. The molecule has 0 radical (unpaired) electrons. The third-order valence-corrected chi connectivity index (χ3v) is 5.98. The fraction of sp³-hybridized carbons (Fsp3) is 0.160. The molecular formula is C25H26N6O2S. The number of thiazole rings is 1. The van der Waals surface area contributed by atoms with Gasteiger partial charge in [-0.25, -0.2) is 9.97 Å². The molecule has 0 spiro atoms. The van der Waals surface area contributed by atoms with Gasteiger partial charge in [0.1, 0.15) is 10.7 Å². The summed E-state index contributed by atoms with van der Waals surface area (Å²) < 4.78 is 1.56. The number of carbonyl (C=O) groups excluding carboxylic acids is 1. The number of pyridine rings is 1. The number of benzene rings is 1. The molecule has 3 heterocycles. The van der Waals surface area contributed by atoms with Crippen LogP contribution in [-0.4, -0.2) is 32.3 Å². The van der Waals surface area contributed by atoms with E-state index in [1.807, 2.05) is 36.7 Å². The van der Waals surface area contributed by atoms with Crippen LogP contribution in [0.3, 0.4) is 0 Å². The zero-order valence-corrected chi connectivity index (χ0v) is 19.7. The molecule has 8 nitrogen and oxygen atoms in total. The van der Waals surface area contributed by atoms with Crippen LogP contribution < -0.4 is 16.6 Å². The maximum atomic E-state index is 13.0. The highest BCUT2D eigenvalue weighted by molar-refractivity contribution is 7.09. The molecule has 0 aliphatic heterocycles. The van der Waals surface area contributed by atoms with E-state index in [0.29, 0.717) is 29.2 Å². The number of ketones is 1. The van der Waals surface area contributed by atoms with E-state index in [-0.39, 0.29) is 18.5 Å². The first kappa shape index (κ1) is 23.2. The fourth-order valence-electron chi connectivity index (χ4n) is 3.42. The molecular weight excluding hydrogens is 448 g/mol. The van der Waals surface area contributed by atoms with E-state index in [2.05, 4.69) is 20.3 Å². The third kappa shape index (κ3) is 5.33. The van der Waals surface area contributed by atoms with Gasteiger partial charge in [-0.3, -0.25) is 14.6 Å². The molecule has 0 saturated carbocycles. The summed E-state index contributed by atoms with van der Waals surface area (Å²) in [5.41, 5.74) is 10.1. The largest absolute Gasteiger partial charge is 0.398 e. The van der Waals surface area contributed by atoms with E-state index >= 15 is 0 Å². The van der Waals surface area contributed by atoms with Crippen molar-refractivity contribution in [1.82, 2.24) is 24.8 Å². The summed E-state index contributed by atoms with van der Waals surface area (Å²) in [5, 5.41) is 5.78. The van der Waals surface area contributed by atoms with E-state index in [0.717, 1.165) is 22.7 Å². The van der Waals surface area contributed by atoms with Gasteiger partial charge in [0.2, 0.25) is 5.78 Å². The molecule has 9 heteroatoms. The highest BCUT2D eigenvalue weighted by Crippen LogP contribution is 2.19. The van der Waals surface area contributed by atoms with Crippen molar-refractivity contribution >= 4 is 22.8 Å². The van der Waals surface area contributed by atoms with Crippen molar-refractivity contribution in [2.45, 2.75) is 20.0 Å². The minimum absolute atomic E-state index is 0. The average Bonchev–Trinajstić information content (AvgIpc) is 3.34. The predicted molar refractivity (Wildman–Crippen MR) is 135 cm³/mol. The molecule has 0 atom stereocenters. The van der Waals surface area contributed by atoms with Crippen LogP contribution in [0.2, 0.25) is 0 Å². The predicted octanol–water partition coefficient (Wildman–Crippen LogP) is 3.27. The summed E-state index contributed by atoms with van der Waals surface area (Å²) in [4.78, 5) is 38.4. The highest BCUT2D eigenvalue weighted by Gasteiger charge is 2.14. The van der Waals surface area contributed by atoms with Gasteiger partial charge in [0.15, 0.2) is 0 Å². The third-order valence-electron chi connectivity index (χ3n) is 5.21. The SMILES string of the molecule is CNCc1ccc(C(N)=CC(=O)c2nc(-c3ccc(=O)n(Cc4nccs4)c3)cnc2C)cc1.[HH]. The van der Waals surface area contributed by atoms with Gasteiger partial charge in [0.25, 0.3) is 5.56 Å². The van der Waals surface area contributed by atoms with Crippen molar-refractivity contribution in [1.29, 1.82) is 0 Å². The van der Waals surface area contributed by atoms with Gasteiger partial charge < -0.3 is 15.6 Å². The number of aromatic nitrogens is 4. The van der Waals surface area contributed by atoms with E-state index in [1.54, 1.807) is 36.1 Å². The minimum atomic E-state index is -0.334. The van der Waals surface area contributed by atoms with Gasteiger partial charge in [-0.05, 0) is 31.2 Å². The van der Waals surface area contributed by atoms with Gasteiger partial charge in [-0.1, -0.05) is 24.3 Å². The zero-order valence-electron chi connectivity index (χ0n) is 18.9. The lowest BCUT2D eigenvalue weighted by atomic mass is 10.1. The van der Waals surface area contributed by atoms with Crippen LogP contribution in [0, 0.1) is 6.92 Å². The Labute approximate surface area is 202 Å². The molecule has 3 aromatic heterocycles. The zero-order chi connectivity index (χ0) is 24.1. The van der Waals surface area contributed by atoms with Gasteiger partial charge in [-0.15, -0.1) is 11.3 Å². The Balaban J connectivity index is 0.00000342. The van der Waals surface area contributed by atoms with Crippen LogP contribution in [0.25, 0.3) is 17.0 Å². The second-order valence-corrected chi connectivity index (χ2v) is 8.67. The van der Waals surface area contributed by atoms with Crippen LogP contribution in [-0.2, 0) is 13.1 Å². The first-order valence-corrected chi connectivity index (χ1v) is 11.5. The lowest BCUT2D eigenvalue weighted by Gasteiger charge is -2.09. The number of aryl methyl sites for hydroxylation is 1. The number of rotatable bonds is 8. The van der Waals surface area contributed by atoms with Crippen molar-refractivity contribution in [3.63, 3.8) is 0 Å². The number of nitrogens with one attached hydrogen (secondary N) is 1. The monoisotopic (exact) mass is 474 g/mol. The number of nitrogens with two attached hydrogens (primary N) is 1. The second kappa shape index (κ2) is 10.3. The fourth-order valence-corrected chi connectivity index (χ4v) is 4.03. The molecule has 34 heavy (non-hydrogen) atoms. The quantitative estimate of drug-likeness (QED) is 0.297. The van der Waals surface area contributed by atoms with E-state index < -0.39 is 0 Å². The van der Waals surface area contributed by atoms with Crippen molar-refractivity contribution in [2.75, 3.05) is 7.05 Å². The second-order valence-electron chi connectivity index (χ2n) is 7.69. The lowest BCUT2D eigenvalue weighted by molar-refractivity contribution is 0.104. The summed E-state index contributed by atoms with van der Waals surface area (Å²) in [6.07, 6.45) is 6.37. The Kier molecular flexibility index (Phi) is 7.05. The topological polar surface area (TPSA) is 116 Å². The molecule has 1 aromatic carbocycles. The Morgan fingerprint density at radius 1 is 1.21 bits per heavy atom. The van der Waals surface area contributed by atoms with E-state index in [4.69, 9.17) is 5.73 Å². The van der Waals surface area contributed by atoms with Crippen molar-refractivity contribution < 1.29 is 6.22 Å². The molecule has 4 aromatic rings. The first-order valence-electron chi connectivity index (χ1n) is 10.6. The molecule has 4 rings (SSSR count). The van der Waals surface area contributed by atoms with Crippen molar-refractivity contribution in [3.05, 3.63) is 104 Å². The summed E-state index contributed by atoms with van der Waals surface area (Å²) in [5.74, 6) is -0.334. The Hall–Kier alpha value is -3.95. The summed E-state index contributed by atoms with van der Waals surface area (Å²) in [6, 6.07) is 10.8. The molecule has 0 unspecified atom stereocenters. The van der Waals surface area contributed by atoms with Crippen LogP contribution in [0.5, 0.6) is 0 Å². The van der Waals surface area contributed by atoms with Gasteiger partial charge in [-0.2, -0.15) is 0 Å². The van der Waals surface area contributed by atoms with Crippen molar-refractivity contribution in [3.8, 4) is 11.3 Å². The standard InChI is InChI=1S/C25H24N6O2S.H2/c1-16-25(22(32)11-20(26)18-5-3-17(4-6-18)12-27-2)30-21(13-29-16)19-7-8-24(33)31(14-19)15-23-28-9-10-34-23;/h3-11,13-14,27H,12,15,26H2,1-2H3;1H. The van der Waals surface area contributed by atoms with Crippen LogP contribution in [0.15, 0.2) is 71.2 Å². The average molecular weight is 475 g/mol. The molecule has 0 bridgehead atoms. The lowest BCUT2D eigenvalue weighted by Crippen LogP contribution is -2.19. The Morgan fingerprint density at radius 2 is 2.00 bits per heavy atom. The van der Waals surface area contributed by atoms with Gasteiger partial charge >= 0.3 is 0 Å². The molecule has 0 amide bonds. The summed E-state index contributed by atoms with van der Waals surface area (Å²) in [7, 11) is 1.88. The molecule has 0 saturated heterocycles. The number of carbonyl (C=O) groups is 1. The molecule has 0 fully saturated rings. The number of hydrogen-bond donors (Lipinski definition) is 2. The molecule has 0 aliphatic carbocycles.